The third-order valence-corrected chi connectivity index (χ3v) is 3.30. The monoisotopic (exact) mass is 317 g/mol. The minimum Gasteiger partial charge on any atom is -0.322 e. The lowest BCUT2D eigenvalue weighted by molar-refractivity contribution is 0.102. The van der Waals surface area contributed by atoms with Crippen LogP contribution in [0.4, 0.5) is 11.4 Å². The first-order valence-corrected chi connectivity index (χ1v) is 7.16. The number of carbonyl (C=O) groups excluding carboxylic acids is 1. The zero-order chi connectivity index (χ0) is 17.5. The minimum absolute atomic E-state index is 0.310. The van der Waals surface area contributed by atoms with Gasteiger partial charge in [0, 0.05) is 5.69 Å². The van der Waals surface area contributed by atoms with Crippen molar-refractivity contribution >= 4 is 23.0 Å². The van der Waals surface area contributed by atoms with E-state index < -0.39 is 0 Å². The van der Waals surface area contributed by atoms with Crippen molar-refractivity contribution in [1.29, 1.82) is 10.5 Å². The van der Waals surface area contributed by atoms with Gasteiger partial charge in [0.1, 0.15) is 12.1 Å². The van der Waals surface area contributed by atoms with E-state index in [0.717, 1.165) is 16.8 Å². The number of hydrogen-bond donors (Lipinski definition) is 2. The molecule has 2 rings (SSSR count). The van der Waals surface area contributed by atoms with Crippen molar-refractivity contribution in [2.24, 2.45) is 5.10 Å². The SMILES string of the molecule is Cc1ccc(NC(=O)c2ccccc2NN=C(C#N)C#N)c(C)c1. The summed E-state index contributed by atoms with van der Waals surface area (Å²) in [6.45, 7) is 3.90. The number of nitriles is 2. The number of hydrazone groups is 1. The summed E-state index contributed by atoms with van der Waals surface area (Å²) >= 11 is 0. The molecule has 2 aromatic rings. The van der Waals surface area contributed by atoms with Crippen LogP contribution in [0.3, 0.4) is 0 Å². The summed E-state index contributed by atoms with van der Waals surface area (Å²) in [4.78, 5) is 12.5. The molecule has 0 aliphatic carbocycles. The standard InChI is InChI=1S/C18H15N5O/c1-12-7-8-16(13(2)9-12)21-18(24)15-5-3-4-6-17(15)23-22-14(10-19)11-20/h3-9,23H,1-2H3,(H,21,24). The Morgan fingerprint density at radius 2 is 1.75 bits per heavy atom. The number of benzene rings is 2. The molecule has 0 aliphatic heterocycles. The number of nitrogens with zero attached hydrogens (tertiary/aromatic N) is 3. The van der Waals surface area contributed by atoms with Crippen molar-refractivity contribution in [3.63, 3.8) is 0 Å². The molecule has 0 saturated carbocycles. The smallest absolute Gasteiger partial charge is 0.257 e. The summed E-state index contributed by atoms with van der Waals surface area (Å²) in [5.41, 5.74) is 5.83. The van der Waals surface area contributed by atoms with Gasteiger partial charge in [-0.3, -0.25) is 10.2 Å². The molecule has 0 fully saturated rings. The lowest BCUT2D eigenvalue weighted by atomic mass is 10.1. The molecule has 2 N–H and O–H groups in total. The molecular formula is C18H15N5O. The van der Waals surface area contributed by atoms with Crippen LogP contribution in [0.5, 0.6) is 0 Å². The van der Waals surface area contributed by atoms with E-state index >= 15 is 0 Å². The van der Waals surface area contributed by atoms with Crippen LogP contribution >= 0.6 is 0 Å². The fraction of sp³-hybridized carbons (Fsp3) is 0.111. The molecule has 6 heteroatoms. The van der Waals surface area contributed by atoms with Crippen molar-refractivity contribution < 1.29 is 4.79 Å². The second kappa shape index (κ2) is 7.57. The third-order valence-electron chi connectivity index (χ3n) is 3.30. The van der Waals surface area contributed by atoms with Crippen molar-refractivity contribution in [2.75, 3.05) is 10.7 Å². The van der Waals surface area contributed by atoms with Crippen LogP contribution in [0.1, 0.15) is 21.5 Å². The highest BCUT2D eigenvalue weighted by Crippen LogP contribution is 2.20. The molecule has 6 nitrogen and oxygen atoms in total. The molecule has 1 amide bonds. The van der Waals surface area contributed by atoms with Crippen LogP contribution in [-0.4, -0.2) is 11.6 Å². The Balaban J connectivity index is 2.26. The van der Waals surface area contributed by atoms with Gasteiger partial charge in [-0.05, 0) is 37.6 Å². The van der Waals surface area contributed by atoms with E-state index in [4.69, 9.17) is 10.5 Å². The molecule has 0 bridgehead atoms. The van der Waals surface area contributed by atoms with Crippen molar-refractivity contribution in [3.05, 3.63) is 59.2 Å². The first-order chi connectivity index (χ1) is 11.5. The first kappa shape index (κ1) is 16.7. The quantitative estimate of drug-likeness (QED) is 0.666. The zero-order valence-electron chi connectivity index (χ0n) is 13.3. The van der Waals surface area contributed by atoms with Crippen molar-refractivity contribution in [1.82, 2.24) is 0 Å². The lowest BCUT2D eigenvalue weighted by Crippen LogP contribution is -2.14. The molecule has 0 spiro atoms. The summed E-state index contributed by atoms with van der Waals surface area (Å²) in [5.74, 6) is -0.310. The highest BCUT2D eigenvalue weighted by Gasteiger charge is 2.12. The van der Waals surface area contributed by atoms with Gasteiger partial charge in [0.15, 0.2) is 0 Å². The molecule has 118 valence electrons. The highest BCUT2D eigenvalue weighted by atomic mass is 16.1. The number of nitrogens with one attached hydrogen (secondary N) is 2. The number of rotatable bonds is 4. The van der Waals surface area contributed by atoms with Crippen molar-refractivity contribution in [3.8, 4) is 12.1 Å². The molecule has 0 unspecified atom stereocenters. The normalized spacial score (nSPS) is 9.33. The van der Waals surface area contributed by atoms with E-state index in [1.165, 1.54) is 0 Å². The molecule has 0 atom stereocenters. The average molecular weight is 317 g/mol. The van der Waals surface area contributed by atoms with E-state index in [1.54, 1.807) is 36.4 Å². The maximum atomic E-state index is 12.5. The summed E-state index contributed by atoms with van der Waals surface area (Å²) in [5, 5.41) is 23.9. The van der Waals surface area contributed by atoms with Gasteiger partial charge in [0.05, 0.1) is 11.3 Å². The van der Waals surface area contributed by atoms with Crippen LogP contribution < -0.4 is 10.7 Å². The Labute approximate surface area is 140 Å². The Kier molecular flexibility index (Phi) is 5.28. The minimum atomic E-state index is -0.320. The Morgan fingerprint density at radius 3 is 2.42 bits per heavy atom. The number of anilines is 2. The number of carbonyl (C=O) groups is 1. The molecule has 0 heterocycles. The third kappa shape index (κ3) is 3.96. The van der Waals surface area contributed by atoms with Crippen LogP contribution in [0.2, 0.25) is 0 Å². The molecule has 0 radical (unpaired) electrons. The van der Waals surface area contributed by atoms with E-state index in [0.29, 0.717) is 11.3 Å². The fourth-order valence-corrected chi connectivity index (χ4v) is 2.11. The molecule has 0 aromatic heterocycles. The van der Waals surface area contributed by atoms with Crippen LogP contribution in [0.25, 0.3) is 0 Å². The molecule has 24 heavy (non-hydrogen) atoms. The Bertz CT molecular complexity index is 871. The highest BCUT2D eigenvalue weighted by molar-refractivity contribution is 6.11. The van der Waals surface area contributed by atoms with Gasteiger partial charge >= 0.3 is 0 Å². The van der Waals surface area contributed by atoms with Gasteiger partial charge in [0.2, 0.25) is 5.71 Å². The zero-order valence-corrected chi connectivity index (χ0v) is 13.3. The molecule has 0 saturated heterocycles. The molecular weight excluding hydrogens is 302 g/mol. The van der Waals surface area contributed by atoms with Gasteiger partial charge in [-0.25, -0.2) is 0 Å². The summed E-state index contributed by atoms with van der Waals surface area (Å²) in [6.07, 6.45) is 0. The second-order valence-electron chi connectivity index (χ2n) is 5.11. The number of amides is 1. The van der Waals surface area contributed by atoms with Crippen LogP contribution in [-0.2, 0) is 0 Å². The van der Waals surface area contributed by atoms with Gasteiger partial charge < -0.3 is 5.32 Å². The predicted octanol–water partition coefficient (Wildman–Crippen LogP) is 3.37. The number of para-hydroxylation sites is 1. The number of aryl methyl sites for hydroxylation is 2. The van der Waals surface area contributed by atoms with E-state index in [2.05, 4.69) is 15.8 Å². The van der Waals surface area contributed by atoms with Crippen LogP contribution in [0.15, 0.2) is 47.6 Å². The average Bonchev–Trinajstić information content (AvgIpc) is 2.58. The maximum absolute atomic E-state index is 12.5. The number of hydrogen-bond acceptors (Lipinski definition) is 5. The topological polar surface area (TPSA) is 101 Å². The van der Waals surface area contributed by atoms with E-state index in [-0.39, 0.29) is 11.6 Å². The fourth-order valence-electron chi connectivity index (χ4n) is 2.11. The van der Waals surface area contributed by atoms with Gasteiger partial charge in [-0.2, -0.15) is 15.6 Å². The largest absolute Gasteiger partial charge is 0.322 e. The van der Waals surface area contributed by atoms with Crippen molar-refractivity contribution in [2.45, 2.75) is 13.8 Å². The predicted molar refractivity (Wildman–Crippen MR) is 92.6 cm³/mol. The van der Waals surface area contributed by atoms with Gasteiger partial charge in [-0.1, -0.05) is 29.8 Å². The van der Waals surface area contributed by atoms with Gasteiger partial charge in [-0.15, -0.1) is 0 Å². The second-order valence-corrected chi connectivity index (χ2v) is 5.11. The summed E-state index contributed by atoms with van der Waals surface area (Å²) in [7, 11) is 0. The first-order valence-electron chi connectivity index (χ1n) is 7.16. The van der Waals surface area contributed by atoms with E-state index in [1.807, 2.05) is 32.0 Å². The van der Waals surface area contributed by atoms with Crippen LogP contribution in [0, 0.1) is 36.5 Å². The summed E-state index contributed by atoms with van der Waals surface area (Å²) in [6, 6.07) is 15.8. The molecule has 2 aromatic carbocycles. The molecule has 0 aliphatic rings. The van der Waals surface area contributed by atoms with E-state index in [9.17, 15) is 4.79 Å². The Hall–Kier alpha value is -3.64. The lowest BCUT2D eigenvalue weighted by Gasteiger charge is -2.11. The van der Waals surface area contributed by atoms with Gasteiger partial charge in [0.25, 0.3) is 5.91 Å². The maximum Gasteiger partial charge on any atom is 0.257 e. The Morgan fingerprint density at radius 1 is 1.04 bits per heavy atom. The summed E-state index contributed by atoms with van der Waals surface area (Å²) < 4.78 is 0.